The van der Waals surface area contributed by atoms with E-state index in [1.165, 1.54) is 37.7 Å². The summed E-state index contributed by atoms with van der Waals surface area (Å²) in [6.45, 7) is 4.59. The minimum atomic E-state index is 0.636. The van der Waals surface area contributed by atoms with Crippen LogP contribution in [0.5, 0.6) is 0 Å². The lowest BCUT2D eigenvalue weighted by Gasteiger charge is -2.13. The number of benzene rings is 1. The first-order valence-corrected chi connectivity index (χ1v) is 7.31. The number of rotatable bonds is 4. The van der Waals surface area contributed by atoms with E-state index in [0.717, 1.165) is 5.92 Å². The Morgan fingerprint density at radius 2 is 1.94 bits per heavy atom. The monoisotopic (exact) mass is 280 g/mol. The summed E-state index contributed by atoms with van der Waals surface area (Å²) < 4.78 is 0. The fourth-order valence-corrected chi connectivity index (χ4v) is 3.43. The smallest absolute Gasteiger partial charge is 0.0120 e. The van der Waals surface area contributed by atoms with Crippen molar-refractivity contribution in [3.05, 3.63) is 34.9 Å². The zero-order valence-corrected chi connectivity index (χ0v) is 11.9. The Labute approximate surface area is 108 Å². The van der Waals surface area contributed by atoms with E-state index in [1.54, 1.807) is 11.1 Å². The van der Waals surface area contributed by atoms with Crippen LogP contribution in [-0.4, -0.2) is 4.83 Å². The molecule has 0 amide bonds. The Morgan fingerprint density at radius 1 is 1.19 bits per heavy atom. The first-order valence-electron chi connectivity index (χ1n) is 6.40. The van der Waals surface area contributed by atoms with Crippen molar-refractivity contribution < 1.29 is 0 Å². The van der Waals surface area contributed by atoms with Crippen LogP contribution in [-0.2, 0) is 19.3 Å². The lowest BCUT2D eigenvalue weighted by molar-refractivity contribution is 0.532. The van der Waals surface area contributed by atoms with Gasteiger partial charge in [-0.2, -0.15) is 0 Å². The van der Waals surface area contributed by atoms with Crippen molar-refractivity contribution in [1.82, 2.24) is 0 Å². The number of aryl methyl sites for hydroxylation is 2. The lowest BCUT2D eigenvalue weighted by Crippen LogP contribution is -2.05. The third-order valence-corrected chi connectivity index (χ3v) is 3.85. The van der Waals surface area contributed by atoms with Crippen molar-refractivity contribution in [2.75, 3.05) is 0 Å². The van der Waals surface area contributed by atoms with Crippen LogP contribution in [0.2, 0.25) is 0 Å². The molecular weight excluding hydrogens is 260 g/mol. The second-order valence-corrected chi connectivity index (χ2v) is 6.85. The lowest BCUT2D eigenvalue weighted by atomic mass is 9.95. The molecule has 2 unspecified atom stereocenters. The standard InChI is InChI=1S/C15H21Br/c1-11(8-12(2)16)9-13-6-7-14-4-3-5-15(14)10-13/h6-7,10-12H,3-5,8-9H2,1-2H3. The molecule has 0 bridgehead atoms. The molecule has 0 fully saturated rings. The number of halogens is 1. The van der Waals surface area contributed by atoms with Crippen LogP contribution in [0.4, 0.5) is 0 Å². The molecule has 1 aromatic carbocycles. The van der Waals surface area contributed by atoms with Crippen LogP contribution in [0.3, 0.4) is 0 Å². The molecule has 1 aliphatic rings. The summed E-state index contributed by atoms with van der Waals surface area (Å²) in [5, 5.41) is 0. The normalized spacial score (nSPS) is 18.2. The Morgan fingerprint density at radius 3 is 2.69 bits per heavy atom. The largest absolute Gasteiger partial charge is 0.0894 e. The molecule has 1 aromatic rings. The SMILES string of the molecule is CC(Br)CC(C)Cc1ccc2c(c1)CCC2. The molecule has 0 aliphatic heterocycles. The summed E-state index contributed by atoms with van der Waals surface area (Å²) >= 11 is 3.64. The van der Waals surface area contributed by atoms with Crippen molar-refractivity contribution in [2.45, 2.75) is 50.8 Å². The van der Waals surface area contributed by atoms with Gasteiger partial charge < -0.3 is 0 Å². The zero-order valence-electron chi connectivity index (χ0n) is 10.3. The van der Waals surface area contributed by atoms with Crippen LogP contribution < -0.4 is 0 Å². The molecule has 0 nitrogen and oxygen atoms in total. The molecule has 0 radical (unpaired) electrons. The van der Waals surface area contributed by atoms with E-state index in [1.807, 2.05) is 0 Å². The van der Waals surface area contributed by atoms with E-state index >= 15 is 0 Å². The van der Waals surface area contributed by atoms with Gasteiger partial charge in [-0.15, -0.1) is 0 Å². The van der Waals surface area contributed by atoms with Gasteiger partial charge in [0.05, 0.1) is 0 Å². The van der Waals surface area contributed by atoms with E-state index in [4.69, 9.17) is 0 Å². The molecule has 1 heteroatoms. The number of alkyl halides is 1. The highest BCUT2D eigenvalue weighted by Crippen LogP contribution is 2.25. The van der Waals surface area contributed by atoms with Gasteiger partial charge in [0.15, 0.2) is 0 Å². The average molecular weight is 281 g/mol. The van der Waals surface area contributed by atoms with Gasteiger partial charge in [0, 0.05) is 4.83 Å². The van der Waals surface area contributed by atoms with Gasteiger partial charge in [0.25, 0.3) is 0 Å². The first-order chi connectivity index (χ1) is 7.65. The van der Waals surface area contributed by atoms with Gasteiger partial charge in [-0.25, -0.2) is 0 Å². The van der Waals surface area contributed by atoms with Crippen molar-refractivity contribution in [2.24, 2.45) is 5.92 Å². The van der Waals surface area contributed by atoms with E-state index in [-0.39, 0.29) is 0 Å². The summed E-state index contributed by atoms with van der Waals surface area (Å²) in [5.41, 5.74) is 4.73. The maximum absolute atomic E-state index is 3.64. The van der Waals surface area contributed by atoms with E-state index in [9.17, 15) is 0 Å². The predicted octanol–water partition coefficient (Wildman–Crippen LogP) is 4.53. The molecule has 16 heavy (non-hydrogen) atoms. The van der Waals surface area contributed by atoms with Crippen molar-refractivity contribution in [3.8, 4) is 0 Å². The Balaban J connectivity index is 1.99. The molecule has 0 heterocycles. The van der Waals surface area contributed by atoms with Crippen LogP contribution in [0.15, 0.2) is 18.2 Å². The zero-order chi connectivity index (χ0) is 11.5. The fourth-order valence-electron chi connectivity index (χ4n) is 2.79. The van der Waals surface area contributed by atoms with E-state index < -0.39 is 0 Å². The second kappa shape index (κ2) is 5.35. The highest BCUT2D eigenvalue weighted by atomic mass is 79.9. The Bertz CT molecular complexity index is 354. The molecule has 0 N–H and O–H groups in total. The summed E-state index contributed by atoms with van der Waals surface area (Å²) in [6.07, 6.45) is 6.43. The molecule has 0 spiro atoms. The third kappa shape index (κ3) is 3.10. The summed E-state index contributed by atoms with van der Waals surface area (Å²) in [4.78, 5) is 0.636. The summed E-state index contributed by atoms with van der Waals surface area (Å²) in [6, 6.07) is 7.12. The highest BCUT2D eigenvalue weighted by Gasteiger charge is 2.12. The maximum atomic E-state index is 3.64. The molecule has 0 saturated heterocycles. The summed E-state index contributed by atoms with van der Waals surface area (Å²) in [7, 11) is 0. The Hall–Kier alpha value is -0.300. The van der Waals surface area contributed by atoms with Crippen LogP contribution in [0.1, 0.15) is 43.4 Å². The molecular formula is C15H21Br. The van der Waals surface area contributed by atoms with E-state index in [2.05, 4.69) is 48.0 Å². The van der Waals surface area contributed by atoms with Crippen LogP contribution in [0.25, 0.3) is 0 Å². The molecule has 88 valence electrons. The maximum Gasteiger partial charge on any atom is 0.0120 e. The average Bonchev–Trinajstić information content (AvgIpc) is 2.63. The van der Waals surface area contributed by atoms with Gasteiger partial charge in [0.1, 0.15) is 0 Å². The van der Waals surface area contributed by atoms with Crippen molar-refractivity contribution >= 4 is 15.9 Å². The molecule has 0 saturated carbocycles. The molecule has 0 aromatic heterocycles. The van der Waals surface area contributed by atoms with Gasteiger partial charge >= 0.3 is 0 Å². The third-order valence-electron chi connectivity index (χ3n) is 3.47. The topological polar surface area (TPSA) is 0 Å². The number of hydrogen-bond donors (Lipinski definition) is 0. The van der Waals surface area contributed by atoms with Gasteiger partial charge in [-0.3, -0.25) is 0 Å². The van der Waals surface area contributed by atoms with Crippen LogP contribution in [0, 0.1) is 5.92 Å². The minimum absolute atomic E-state index is 0.636. The number of hydrogen-bond acceptors (Lipinski definition) is 0. The molecule has 1 aliphatic carbocycles. The first kappa shape index (κ1) is 12.2. The van der Waals surface area contributed by atoms with Crippen molar-refractivity contribution in [1.29, 1.82) is 0 Å². The number of fused-ring (bicyclic) bond motifs is 1. The summed E-state index contributed by atoms with van der Waals surface area (Å²) in [5.74, 6) is 0.772. The van der Waals surface area contributed by atoms with Gasteiger partial charge in [-0.05, 0) is 54.7 Å². The highest BCUT2D eigenvalue weighted by molar-refractivity contribution is 9.09. The predicted molar refractivity (Wildman–Crippen MR) is 74.3 cm³/mol. The molecule has 2 atom stereocenters. The second-order valence-electron chi connectivity index (χ2n) is 5.28. The van der Waals surface area contributed by atoms with E-state index in [0.29, 0.717) is 4.83 Å². The fraction of sp³-hybridized carbons (Fsp3) is 0.600. The molecule has 2 rings (SSSR count). The quantitative estimate of drug-likeness (QED) is 0.711. The van der Waals surface area contributed by atoms with Crippen molar-refractivity contribution in [3.63, 3.8) is 0 Å². The minimum Gasteiger partial charge on any atom is -0.0894 e. The van der Waals surface area contributed by atoms with Gasteiger partial charge in [0.2, 0.25) is 0 Å². The Kier molecular flexibility index (Phi) is 4.07. The van der Waals surface area contributed by atoms with Gasteiger partial charge in [-0.1, -0.05) is 48.0 Å². The van der Waals surface area contributed by atoms with Crippen LogP contribution >= 0.6 is 15.9 Å².